The molecule has 2 aromatic rings. The van der Waals surface area contributed by atoms with Gasteiger partial charge in [0, 0.05) is 13.0 Å². The highest BCUT2D eigenvalue weighted by atomic mass is 16.6. The first-order valence-corrected chi connectivity index (χ1v) is 10.5. The van der Waals surface area contributed by atoms with E-state index in [9.17, 15) is 9.59 Å². The van der Waals surface area contributed by atoms with Gasteiger partial charge in [0.15, 0.2) is 0 Å². The molecule has 0 saturated carbocycles. The molecule has 0 unspecified atom stereocenters. The summed E-state index contributed by atoms with van der Waals surface area (Å²) in [6, 6.07) is 19.7. The second-order valence-corrected chi connectivity index (χ2v) is 8.39. The number of benzene rings is 2. The van der Waals surface area contributed by atoms with Crippen molar-refractivity contribution < 1.29 is 19.1 Å². The third kappa shape index (κ3) is 10.2. The zero-order chi connectivity index (χ0) is 21.8. The SMILES string of the molecule is CC(C)(C)OC(=O)CCCCN(CC(=O)OCc1ccccc1)Cc1ccccc1. The first kappa shape index (κ1) is 23.6. The molecule has 2 aromatic carbocycles. The van der Waals surface area contributed by atoms with Crippen molar-refractivity contribution in [3.05, 3.63) is 71.8 Å². The minimum atomic E-state index is -0.459. The van der Waals surface area contributed by atoms with Crippen LogP contribution in [0.4, 0.5) is 0 Å². The van der Waals surface area contributed by atoms with Crippen LogP contribution in [0.25, 0.3) is 0 Å². The first-order valence-electron chi connectivity index (χ1n) is 10.5. The van der Waals surface area contributed by atoms with Gasteiger partial charge >= 0.3 is 11.9 Å². The monoisotopic (exact) mass is 411 g/mol. The highest BCUT2D eigenvalue weighted by molar-refractivity contribution is 5.71. The maximum atomic E-state index is 12.4. The molecule has 0 saturated heterocycles. The number of hydrogen-bond acceptors (Lipinski definition) is 5. The van der Waals surface area contributed by atoms with Gasteiger partial charge in [0.05, 0.1) is 6.54 Å². The molecule has 162 valence electrons. The van der Waals surface area contributed by atoms with Crippen LogP contribution in [0.1, 0.15) is 51.2 Å². The minimum Gasteiger partial charge on any atom is -0.460 e. The summed E-state index contributed by atoms with van der Waals surface area (Å²) in [4.78, 5) is 26.3. The lowest BCUT2D eigenvalue weighted by atomic mass is 10.1. The van der Waals surface area contributed by atoms with E-state index in [0.717, 1.165) is 24.0 Å². The summed E-state index contributed by atoms with van der Waals surface area (Å²) in [7, 11) is 0. The summed E-state index contributed by atoms with van der Waals surface area (Å²) < 4.78 is 10.8. The maximum Gasteiger partial charge on any atom is 0.320 e. The average Bonchev–Trinajstić information content (AvgIpc) is 2.70. The van der Waals surface area contributed by atoms with E-state index >= 15 is 0 Å². The van der Waals surface area contributed by atoms with Crippen molar-refractivity contribution in [3.63, 3.8) is 0 Å². The van der Waals surface area contributed by atoms with Gasteiger partial charge in [-0.2, -0.15) is 0 Å². The molecule has 0 aliphatic carbocycles. The Labute approximate surface area is 180 Å². The average molecular weight is 412 g/mol. The minimum absolute atomic E-state index is 0.181. The van der Waals surface area contributed by atoms with Crippen molar-refractivity contribution in [2.45, 2.75) is 58.8 Å². The van der Waals surface area contributed by atoms with Crippen LogP contribution in [0.2, 0.25) is 0 Å². The Kier molecular flexibility index (Phi) is 9.55. The lowest BCUT2D eigenvalue weighted by molar-refractivity contribution is -0.155. The molecule has 0 bridgehead atoms. The van der Waals surface area contributed by atoms with Crippen LogP contribution in [0.15, 0.2) is 60.7 Å². The summed E-state index contributed by atoms with van der Waals surface area (Å²) in [5, 5.41) is 0. The van der Waals surface area contributed by atoms with Crippen molar-refractivity contribution in [3.8, 4) is 0 Å². The number of rotatable bonds is 11. The lowest BCUT2D eigenvalue weighted by Gasteiger charge is -2.22. The largest absolute Gasteiger partial charge is 0.460 e. The summed E-state index contributed by atoms with van der Waals surface area (Å²) in [5.41, 5.74) is 1.65. The van der Waals surface area contributed by atoms with E-state index < -0.39 is 5.60 Å². The van der Waals surface area contributed by atoms with Gasteiger partial charge in [0.1, 0.15) is 12.2 Å². The fourth-order valence-corrected chi connectivity index (χ4v) is 3.02. The molecule has 0 aromatic heterocycles. The Balaban J connectivity index is 1.82. The molecule has 0 atom stereocenters. The summed E-state index contributed by atoms with van der Waals surface area (Å²) in [6.07, 6.45) is 1.91. The molecule has 0 amide bonds. The normalized spacial score (nSPS) is 11.3. The molecule has 2 rings (SSSR count). The predicted molar refractivity (Wildman–Crippen MR) is 118 cm³/mol. The number of hydrogen-bond donors (Lipinski definition) is 0. The third-order valence-corrected chi connectivity index (χ3v) is 4.37. The van der Waals surface area contributed by atoms with Crippen molar-refractivity contribution in [2.24, 2.45) is 0 Å². The van der Waals surface area contributed by atoms with Crippen LogP contribution in [0.5, 0.6) is 0 Å². The van der Waals surface area contributed by atoms with Gasteiger partial charge in [0.25, 0.3) is 0 Å². The van der Waals surface area contributed by atoms with Gasteiger partial charge in [-0.05, 0) is 51.3 Å². The smallest absolute Gasteiger partial charge is 0.320 e. The number of carbonyl (C=O) groups excluding carboxylic acids is 2. The van der Waals surface area contributed by atoms with Gasteiger partial charge in [-0.3, -0.25) is 14.5 Å². The molecule has 0 N–H and O–H groups in total. The van der Waals surface area contributed by atoms with E-state index in [1.807, 2.05) is 81.4 Å². The van der Waals surface area contributed by atoms with Crippen molar-refractivity contribution in [2.75, 3.05) is 13.1 Å². The standard InChI is InChI=1S/C25H33NO4/c1-25(2,3)30-23(27)16-10-11-17-26(18-21-12-6-4-7-13-21)19-24(28)29-20-22-14-8-5-9-15-22/h4-9,12-15H,10-11,16-20H2,1-3H3. The summed E-state index contributed by atoms with van der Waals surface area (Å²) >= 11 is 0. The molecule has 30 heavy (non-hydrogen) atoms. The first-order chi connectivity index (χ1) is 14.3. The van der Waals surface area contributed by atoms with E-state index in [0.29, 0.717) is 19.5 Å². The fourth-order valence-electron chi connectivity index (χ4n) is 3.02. The van der Waals surface area contributed by atoms with Crippen molar-refractivity contribution >= 4 is 11.9 Å². The van der Waals surface area contributed by atoms with E-state index in [-0.39, 0.29) is 25.1 Å². The van der Waals surface area contributed by atoms with Crippen molar-refractivity contribution in [1.29, 1.82) is 0 Å². The van der Waals surface area contributed by atoms with Crippen molar-refractivity contribution in [1.82, 2.24) is 4.90 Å². The highest BCUT2D eigenvalue weighted by Crippen LogP contribution is 2.11. The fraction of sp³-hybridized carbons (Fsp3) is 0.440. The van der Waals surface area contributed by atoms with Gasteiger partial charge in [-0.1, -0.05) is 60.7 Å². The predicted octanol–water partition coefficient (Wildman–Crippen LogP) is 4.74. The Morgan fingerprint density at radius 2 is 1.43 bits per heavy atom. The van der Waals surface area contributed by atoms with E-state index in [1.54, 1.807) is 0 Å². The topological polar surface area (TPSA) is 55.8 Å². The van der Waals surface area contributed by atoms with E-state index in [4.69, 9.17) is 9.47 Å². The Morgan fingerprint density at radius 1 is 0.833 bits per heavy atom. The van der Waals surface area contributed by atoms with Crippen LogP contribution in [-0.2, 0) is 32.2 Å². The van der Waals surface area contributed by atoms with Gasteiger partial charge < -0.3 is 9.47 Å². The van der Waals surface area contributed by atoms with E-state index in [2.05, 4.69) is 4.90 Å². The molecule has 5 heteroatoms. The molecule has 5 nitrogen and oxygen atoms in total. The van der Waals surface area contributed by atoms with Crippen LogP contribution in [0, 0.1) is 0 Å². The lowest BCUT2D eigenvalue weighted by Crippen LogP contribution is -2.31. The number of carbonyl (C=O) groups is 2. The Hall–Kier alpha value is -2.66. The molecule has 0 spiro atoms. The number of unbranched alkanes of at least 4 members (excludes halogenated alkanes) is 1. The quantitative estimate of drug-likeness (QED) is 0.395. The van der Waals surface area contributed by atoms with Gasteiger partial charge in [-0.25, -0.2) is 0 Å². The van der Waals surface area contributed by atoms with Crippen LogP contribution < -0.4 is 0 Å². The van der Waals surface area contributed by atoms with E-state index in [1.165, 1.54) is 0 Å². The molecule has 0 radical (unpaired) electrons. The van der Waals surface area contributed by atoms with Gasteiger partial charge in [0.2, 0.25) is 0 Å². The molecule has 0 fully saturated rings. The number of esters is 2. The number of nitrogens with zero attached hydrogens (tertiary/aromatic N) is 1. The van der Waals surface area contributed by atoms with Gasteiger partial charge in [-0.15, -0.1) is 0 Å². The third-order valence-electron chi connectivity index (χ3n) is 4.37. The summed E-state index contributed by atoms with van der Waals surface area (Å²) in [5.74, 6) is -0.429. The second kappa shape index (κ2) is 12.1. The zero-order valence-electron chi connectivity index (χ0n) is 18.3. The maximum absolute atomic E-state index is 12.4. The summed E-state index contributed by atoms with van der Waals surface area (Å²) in [6.45, 7) is 7.46. The Bertz CT molecular complexity index is 769. The molecule has 0 heterocycles. The highest BCUT2D eigenvalue weighted by Gasteiger charge is 2.17. The van der Waals surface area contributed by atoms with Crippen LogP contribution in [-0.4, -0.2) is 35.5 Å². The molecule has 0 aliphatic rings. The molecular weight excluding hydrogens is 378 g/mol. The number of ether oxygens (including phenoxy) is 2. The van der Waals surface area contributed by atoms with Crippen LogP contribution >= 0.6 is 0 Å². The zero-order valence-corrected chi connectivity index (χ0v) is 18.3. The molecule has 0 aliphatic heterocycles. The second-order valence-electron chi connectivity index (χ2n) is 8.39. The Morgan fingerprint density at radius 3 is 2.03 bits per heavy atom. The van der Waals surface area contributed by atoms with Crippen LogP contribution in [0.3, 0.4) is 0 Å². The molecular formula is C25H33NO4.